The fourth-order valence-electron chi connectivity index (χ4n) is 8.00. The van der Waals surface area contributed by atoms with E-state index in [1.165, 1.54) is 154 Å². The third-order valence-corrected chi connectivity index (χ3v) is 12.3. The summed E-state index contributed by atoms with van der Waals surface area (Å²) >= 11 is 0. The summed E-state index contributed by atoms with van der Waals surface area (Å²) in [5, 5.41) is 0. The number of allylic oxidation sites excluding steroid dienone is 10. The Labute approximate surface area is 409 Å². The highest BCUT2D eigenvalue weighted by molar-refractivity contribution is 5.71. The molecule has 0 aliphatic rings. The van der Waals surface area contributed by atoms with Crippen LogP contribution in [0.1, 0.15) is 284 Å². The molecule has 66 heavy (non-hydrogen) atoms. The van der Waals surface area contributed by atoms with E-state index in [0.717, 1.165) is 89.9 Å². The van der Waals surface area contributed by atoms with Gasteiger partial charge in [0.05, 0.1) is 0 Å². The summed E-state index contributed by atoms with van der Waals surface area (Å²) in [5.41, 5.74) is 0. The molecule has 0 N–H and O–H groups in total. The molecule has 1 atom stereocenters. The molecule has 0 aliphatic carbocycles. The Morgan fingerprint density at radius 3 is 0.985 bits per heavy atom. The lowest BCUT2D eigenvalue weighted by molar-refractivity contribution is -0.167. The van der Waals surface area contributed by atoms with Gasteiger partial charge < -0.3 is 14.2 Å². The minimum absolute atomic E-state index is 0.0749. The van der Waals surface area contributed by atoms with E-state index in [2.05, 4.69) is 81.5 Å². The Morgan fingerprint density at radius 1 is 0.318 bits per heavy atom. The topological polar surface area (TPSA) is 78.9 Å². The van der Waals surface area contributed by atoms with Crippen LogP contribution in [0.25, 0.3) is 0 Å². The number of hydrogen-bond donors (Lipinski definition) is 0. The van der Waals surface area contributed by atoms with Gasteiger partial charge >= 0.3 is 17.9 Å². The normalized spacial score (nSPS) is 12.5. The maximum atomic E-state index is 12.8. The zero-order chi connectivity index (χ0) is 47.9. The van der Waals surface area contributed by atoms with Gasteiger partial charge in [-0.3, -0.25) is 14.4 Å². The molecule has 0 aromatic carbocycles. The van der Waals surface area contributed by atoms with E-state index < -0.39 is 6.10 Å². The molecule has 0 fully saturated rings. The molecule has 6 nitrogen and oxygen atoms in total. The predicted octanol–water partition coefficient (Wildman–Crippen LogP) is 18.8. The van der Waals surface area contributed by atoms with Crippen molar-refractivity contribution in [1.82, 2.24) is 0 Å². The van der Waals surface area contributed by atoms with Crippen molar-refractivity contribution in [2.24, 2.45) is 0 Å². The Kier molecular flexibility index (Phi) is 52.3. The fourth-order valence-corrected chi connectivity index (χ4v) is 8.00. The smallest absolute Gasteiger partial charge is 0.306 e. The van der Waals surface area contributed by atoms with Gasteiger partial charge in [0.1, 0.15) is 13.2 Å². The summed E-state index contributed by atoms with van der Waals surface area (Å²) in [6.07, 6.45) is 67.9. The van der Waals surface area contributed by atoms with Crippen molar-refractivity contribution in [3.05, 3.63) is 60.8 Å². The molecular formula is C60H106O6. The molecular weight excluding hydrogens is 817 g/mol. The highest BCUT2D eigenvalue weighted by Gasteiger charge is 2.19. The van der Waals surface area contributed by atoms with Gasteiger partial charge in [-0.1, -0.05) is 248 Å². The quantitative estimate of drug-likeness (QED) is 0.0262. The van der Waals surface area contributed by atoms with Crippen molar-refractivity contribution in [2.45, 2.75) is 290 Å². The molecule has 0 aliphatic heterocycles. The Bertz CT molecular complexity index is 1200. The van der Waals surface area contributed by atoms with Gasteiger partial charge in [0.25, 0.3) is 0 Å². The maximum Gasteiger partial charge on any atom is 0.306 e. The number of ether oxygens (including phenoxy) is 3. The molecule has 0 saturated carbocycles. The minimum Gasteiger partial charge on any atom is -0.462 e. The van der Waals surface area contributed by atoms with Crippen molar-refractivity contribution in [3.8, 4) is 0 Å². The Morgan fingerprint density at radius 2 is 0.606 bits per heavy atom. The van der Waals surface area contributed by atoms with E-state index in [9.17, 15) is 14.4 Å². The van der Waals surface area contributed by atoms with Crippen LogP contribution in [0, 0.1) is 0 Å². The van der Waals surface area contributed by atoms with Gasteiger partial charge in [0.2, 0.25) is 0 Å². The van der Waals surface area contributed by atoms with Gasteiger partial charge in [0, 0.05) is 19.3 Å². The monoisotopic (exact) mass is 923 g/mol. The molecule has 0 spiro atoms. The molecule has 0 heterocycles. The summed E-state index contributed by atoms with van der Waals surface area (Å²) in [6, 6.07) is 0. The Hall–Kier alpha value is -2.89. The number of rotatable bonds is 51. The van der Waals surface area contributed by atoms with E-state index in [0.29, 0.717) is 19.3 Å². The lowest BCUT2D eigenvalue weighted by atomic mass is 10.0. The third-order valence-electron chi connectivity index (χ3n) is 12.3. The van der Waals surface area contributed by atoms with Crippen LogP contribution in [0.3, 0.4) is 0 Å². The highest BCUT2D eigenvalue weighted by atomic mass is 16.6. The van der Waals surface area contributed by atoms with Crippen molar-refractivity contribution in [2.75, 3.05) is 13.2 Å². The maximum absolute atomic E-state index is 12.8. The van der Waals surface area contributed by atoms with Crippen molar-refractivity contribution in [3.63, 3.8) is 0 Å². The number of carbonyl (C=O) groups is 3. The average Bonchev–Trinajstić information content (AvgIpc) is 3.31. The first kappa shape index (κ1) is 63.1. The van der Waals surface area contributed by atoms with Crippen LogP contribution in [-0.4, -0.2) is 37.2 Å². The minimum atomic E-state index is -0.774. The van der Waals surface area contributed by atoms with Crippen LogP contribution in [0.4, 0.5) is 0 Å². The molecule has 1 unspecified atom stereocenters. The molecule has 0 rings (SSSR count). The summed E-state index contributed by atoms with van der Waals surface area (Å²) in [7, 11) is 0. The molecule has 0 radical (unpaired) electrons. The molecule has 0 aromatic rings. The lowest BCUT2D eigenvalue weighted by Gasteiger charge is -2.18. The first-order valence-electron chi connectivity index (χ1n) is 28.3. The SMILES string of the molecule is CC/C=C\C/C=C\C/C=C\C/C=C\CCCCCCCCCCCCCCC(=O)OCC(COC(=O)CCCCCCC/C=C\CCCC)OC(=O)CCCCCCCCCCCCCC. The van der Waals surface area contributed by atoms with E-state index in [4.69, 9.17) is 14.2 Å². The molecule has 6 heteroatoms. The van der Waals surface area contributed by atoms with Crippen LogP contribution in [-0.2, 0) is 28.6 Å². The van der Waals surface area contributed by atoms with Crippen molar-refractivity contribution in [1.29, 1.82) is 0 Å². The van der Waals surface area contributed by atoms with Gasteiger partial charge in [0.15, 0.2) is 6.10 Å². The largest absolute Gasteiger partial charge is 0.462 e. The number of hydrogen-bond acceptors (Lipinski definition) is 6. The van der Waals surface area contributed by atoms with Gasteiger partial charge in [-0.15, -0.1) is 0 Å². The third kappa shape index (κ3) is 52.1. The van der Waals surface area contributed by atoms with Gasteiger partial charge in [-0.05, 0) is 77.0 Å². The molecule has 0 amide bonds. The lowest BCUT2D eigenvalue weighted by Crippen LogP contribution is -2.30. The molecule has 0 bridgehead atoms. The summed E-state index contributed by atoms with van der Waals surface area (Å²) in [4.78, 5) is 38.0. The number of carbonyl (C=O) groups excluding carboxylic acids is 3. The van der Waals surface area contributed by atoms with Gasteiger partial charge in [-0.25, -0.2) is 0 Å². The van der Waals surface area contributed by atoms with E-state index >= 15 is 0 Å². The standard InChI is InChI=1S/C60H106O6/c1-4-7-10-13-16-19-22-24-25-26-27-28-29-30-31-32-33-34-35-36-39-41-44-47-50-53-59(62)65-56-57(55-64-58(61)52-49-46-43-40-37-21-18-15-12-9-6-3)66-60(63)54-51-48-45-42-38-23-20-17-14-11-8-5-2/h7,10,15-16,18-19,24-25,27-28,57H,4-6,8-9,11-14,17,20-23,26,29-56H2,1-3H3/b10-7-,18-15-,19-16-,25-24-,28-27-. The fraction of sp³-hybridized carbons (Fsp3) is 0.783. The first-order chi connectivity index (χ1) is 32.5. The van der Waals surface area contributed by atoms with Crippen LogP contribution in [0.2, 0.25) is 0 Å². The first-order valence-corrected chi connectivity index (χ1v) is 28.3. The van der Waals surface area contributed by atoms with E-state index in [1.807, 2.05) is 0 Å². The van der Waals surface area contributed by atoms with Crippen LogP contribution in [0.15, 0.2) is 60.8 Å². The van der Waals surface area contributed by atoms with Crippen LogP contribution < -0.4 is 0 Å². The van der Waals surface area contributed by atoms with Crippen molar-refractivity contribution < 1.29 is 28.6 Å². The highest BCUT2D eigenvalue weighted by Crippen LogP contribution is 2.16. The summed E-state index contributed by atoms with van der Waals surface area (Å²) < 4.78 is 16.8. The summed E-state index contributed by atoms with van der Waals surface area (Å²) in [5.74, 6) is -0.877. The van der Waals surface area contributed by atoms with E-state index in [-0.39, 0.29) is 31.1 Å². The molecule has 0 aromatic heterocycles. The average molecular weight is 924 g/mol. The van der Waals surface area contributed by atoms with Crippen molar-refractivity contribution >= 4 is 17.9 Å². The second-order valence-corrected chi connectivity index (χ2v) is 18.8. The zero-order valence-electron chi connectivity index (χ0n) is 43.7. The van der Waals surface area contributed by atoms with Gasteiger partial charge in [-0.2, -0.15) is 0 Å². The Balaban J connectivity index is 4.21. The second-order valence-electron chi connectivity index (χ2n) is 18.8. The molecule has 382 valence electrons. The zero-order valence-corrected chi connectivity index (χ0v) is 43.7. The van der Waals surface area contributed by atoms with Crippen LogP contribution in [0.5, 0.6) is 0 Å². The van der Waals surface area contributed by atoms with E-state index in [1.54, 1.807) is 0 Å². The summed E-state index contributed by atoms with van der Waals surface area (Å²) in [6.45, 7) is 6.50. The predicted molar refractivity (Wildman–Crippen MR) is 284 cm³/mol. The second kappa shape index (κ2) is 54.7. The number of esters is 3. The molecule has 0 saturated heterocycles. The number of unbranched alkanes of at least 4 members (excludes halogenated alkanes) is 30. The van der Waals surface area contributed by atoms with Crippen LogP contribution >= 0.6 is 0 Å².